The first kappa shape index (κ1) is 18.0. The number of nitrogens with two attached hydrogens (primary N) is 1. The smallest absolute Gasteiger partial charge is 0.371 e. The van der Waals surface area contributed by atoms with Gasteiger partial charge in [-0.1, -0.05) is 6.92 Å². The van der Waals surface area contributed by atoms with E-state index in [0.717, 1.165) is 19.4 Å². The summed E-state index contributed by atoms with van der Waals surface area (Å²) in [6.07, 6.45) is -2.13. The van der Waals surface area contributed by atoms with Crippen molar-refractivity contribution in [3.63, 3.8) is 0 Å². The third kappa shape index (κ3) is 6.78. The predicted octanol–water partition coefficient (Wildman–Crippen LogP) is 2.05. The van der Waals surface area contributed by atoms with Crippen LogP contribution in [0.1, 0.15) is 19.8 Å². The molecule has 0 aliphatic carbocycles. The van der Waals surface area contributed by atoms with Crippen molar-refractivity contribution in [1.29, 1.82) is 0 Å². The van der Waals surface area contributed by atoms with E-state index in [1.54, 1.807) is 0 Å². The topological polar surface area (TPSA) is 38.5 Å². The summed E-state index contributed by atoms with van der Waals surface area (Å²) in [6, 6.07) is 0.285. The highest BCUT2D eigenvalue weighted by atomic mass is 35.5. The van der Waals surface area contributed by atoms with Gasteiger partial charge in [-0.2, -0.15) is 13.2 Å². The van der Waals surface area contributed by atoms with Crippen molar-refractivity contribution in [3.05, 3.63) is 0 Å². The molecule has 1 aliphatic rings. The van der Waals surface area contributed by atoms with Crippen molar-refractivity contribution < 1.29 is 17.9 Å². The Bertz CT molecular complexity index is 229. The molecule has 0 bridgehead atoms. The van der Waals surface area contributed by atoms with Gasteiger partial charge in [-0.15, -0.1) is 12.4 Å². The standard InChI is InChI=1S/C11H21F3N2O.ClH/c1-9-2-3-16(10(6-9)7-15)4-5-17-8-11(12,13)14;/h9-10H,2-8,15H2,1H3;1H. The molecular formula is C11H22ClF3N2O. The van der Waals surface area contributed by atoms with E-state index >= 15 is 0 Å². The third-order valence-corrected chi connectivity index (χ3v) is 3.16. The van der Waals surface area contributed by atoms with Crippen LogP contribution >= 0.6 is 12.4 Å². The average molecular weight is 291 g/mol. The Morgan fingerprint density at radius 3 is 2.61 bits per heavy atom. The van der Waals surface area contributed by atoms with Crippen LogP contribution in [-0.4, -0.2) is 50.0 Å². The van der Waals surface area contributed by atoms with Crippen molar-refractivity contribution >= 4 is 12.4 Å². The normalized spacial score (nSPS) is 25.8. The van der Waals surface area contributed by atoms with Crippen LogP contribution in [-0.2, 0) is 4.74 Å². The zero-order valence-electron chi connectivity index (χ0n) is 10.6. The predicted molar refractivity (Wildman–Crippen MR) is 66.9 cm³/mol. The Morgan fingerprint density at radius 1 is 1.39 bits per heavy atom. The van der Waals surface area contributed by atoms with E-state index in [2.05, 4.69) is 16.6 Å². The summed E-state index contributed by atoms with van der Waals surface area (Å²) in [5.74, 6) is 0.649. The molecule has 2 unspecified atom stereocenters. The molecule has 7 heteroatoms. The fourth-order valence-corrected chi connectivity index (χ4v) is 2.21. The summed E-state index contributed by atoms with van der Waals surface area (Å²) in [5.41, 5.74) is 5.67. The Balaban J connectivity index is 0.00000289. The average Bonchev–Trinajstić information content (AvgIpc) is 2.24. The molecule has 1 saturated heterocycles. The van der Waals surface area contributed by atoms with Gasteiger partial charge >= 0.3 is 6.18 Å². The Labute approximate surface area is 112 Å². The molecule has 1 fully saturated rings. The van der Waals surface area contributed by atoms with Gasteiger partial charge in [0.25, 0.3) is 0 Å². The van der Waals surface area contributed by atoms with Crippen molar-refractivity contribution in [2.45, 2.75) is 32.0 Å². The molecule has 0 radical (unpaired) electrons. The molecule has 0 aromatic rings. The van der Waals surface area contributed by atoms with Crippen LogP contribution in [0.25, 0.3) is 0 Å². The molecule has 1 heterocycles. The largest absolute Gasteiger partial charge is 0.411 e. The molecule has 0 spiro atoms. The number of nitrogens with zero attached hydrogens (tertiary/aromatic N) is 1. The lowest BCUT2D eigenvalue weighted by Gasteiger charge is -2.37. The molecule has 0 aromatic carbocycles. The highest BCUT2D eigenvalue weighted by Gasteiger charge is 2.28. The van der Waals surface area contributed by atoms with E-state index < -0.39 is 12.8 Å². The van der Waals surface area contributed by atoms with Crippen LogP contribution in [0.4, 0.5) is 13.2 Å². The quantitative estimate of drug-likeness (QED) is 0.788. The monoisotopic (exact) mass is 290 g/mol. The molecule has 2 atom stereocenters. The maximum Gasteiger partial charge on any atom is 0.411 e. The minimum atomic E-state index is -4.23. The number of likely N-dealkylation sites (tertiary alicyclic amines) is 1. The number of halogens is 4. The molecule has 1 aliphatic heterocycles. The summed E-state index contributed by atoms with van der Waals surface area (Å²) < 4.78 is 40.2. The molecule has 0 aromatic heterocycles. The lowest BCUT2D eigenvalue weighted by Crippen LogP contribution is -2.47. The van der Waals surface area contributed by atoms with E-state index in [-0.39, 0.29) is 25.1 Å². The van der Waals surface area contributed by atoms with Crippen LogP contribution in [0.3, 0.4) is 0 Å². The molecule has 0 amide bonds. The first-order valence-corrected chi connectivity index (χ1v) is 6.01. The van der Waals surface area contributed by atoms with E-state index in [9.17, 15) is 13.2 Å². The van der Waals surface area contributed by atoms with Crippen LogP contribution in [0, 0.1) is 5.92 Å². The molecule has 2 N–H and O–H groups in total. The van der Waals surface area contributed by atoms with Gasteiger partial charge in [0.15, 0.2) is 0 Å². The second-order valence-corrected chi connectivity index (χ2v) is 4.72. The van der Waals surface area contributed by atoms with Crippen molar-refractivity contribution in [2.75, 3.05) is 32.8 Å². The summed E-state index contributed by atoms with van der Waals surface area (Å²) in [4.78, 5) is 2.14. The summed E-state index contributed by atoms with van der Waals surface area (Å²) in [6.45, 7) is 3.13. The van der Waals surface area contributed by atoms with Gasteiger partial charge in [-0.25, -0.2) is 0 Å². The minimum absolute atomic E-state index is 0. The summed E-state index contributed by atoms with van der Waals surface area (Å²) in [5, 5.41) is 0. The van der Waals surface area contributed by atoms with Crippen LogP contribution in [0.2, 0.25) is 0 Å². The minimum Gasteiger partial charge on any atom is -0.371 e. The van der Waals surface area contributed by atoms with Crippen molar-refractivity contribution in [2.24, 2.45) is 11.7 Å². The Kier molecular flexibility index (Phi) is 8.18. The maximum absolute atomic E-state index is 11.9. The van der Waals surface area contributed by atoms with Gasteiger partial charge in [-0.3, -0.25) is 4.90 Å². The van der Waals surface area contributed by atoms with E-state index in [4.69, 9.17) is 5.73 Å². The lowest BCUT2D eigenvalue weighted by molar-refractivity contribution is -0.175. The Hall–Kier alpha value is -0.0400. The van der Waals surface area contributed by atoms with E-state index in [1.165, 1.54) is 0 Å². The summed E-state index contributed by atoms with van der Waals surface area (Å²) >= 11 is 0. The van der Waals surface area contributed by atoms with Gasteiger partial charge < -0.3 is 10.5 Å². The molecule has 18 heavy (non-hydrogen) atoms. The van der Waals surface area contributed by atoms with Crippen LogP contribution < -0.4 is 5.73 Å². The highest BCUT2D eigenvalue weighted by molar-refractivity contribution is 5.85. The van der Waals surface area contributed by atoms with Gasteiger partial charge in [-0.05, 0) is 25.3 Å². The number of hydrogen-bond acceptors (Lipinski definition) is 3. The molecular weight excluding hydrogens is 269 g/mol. The van der Waals surface area contributed by atoms with Gasteiger partial charge in [0.05, 0.1) is 6.61 Å². The molecule has 0 saturated carbocycles. The van der Waals surface area contributed by atoms with Crippen molar-refractivity contribution in [1.82, 2.24) is 4.90 Å². The fourth-order valence-electron chi connectivity index (χ4n) is 2.21. The highest BCUT2D eigenvalue weighted by Crippen LogP contribution is 2.21. The van der Waals surface area contributed by atoms with Crippen LogP contribution in [0.15, 0.2) is 0 Å². The number of piperidine rings is 1. The zero-order chi connectivity index (χ0) is 12.9. The van der Waals surface area contributed by atoms with Gasteiger partial charge in [0, 0.05) is 19.1 Å². The molecule has 110 valence electrons. The van der Waals surface area contributed by atoms with Crippen molar-refractivity contribution in [3.8, 4) is 0 Å². The number of alkyl halides is 3. The number of hydrogen-bond donors (Lipinski definition) is 1. The third-order valence-electron chi connectivity index (χ3n) is 3.16. The fraction of sp³-hybridized carbons (Fsp3) is 1.00. The van der Waals surface area contributed by atoms with Gasteiger partial charge in [0.1, 0.15) is 6.61 Å². The van der Waals surface area contributed by atoms with E-state index in [0.29, 0.717) is 19.0 Å². The van der Waals surface area contributed by atoms with E-state index in [1.807, 2.05) is 0 Å². The second kappa shape index (κ2) is 8.19. The SMILES string of the molecule is CC1CCN(CCOCC(F)(F)F)C(CN)C1.Cl. The number of rotatable bonds is 5. The Morgan fingerprint density at radius 2 is 2.06 bits per heavy atom. The van der Waals surface area contributed by atoms with Gasteiger partial charge in [0.2, 0.25) is 0 Å². The first-order chi connectivity index (χ1) is 7.92. The summed E-state index contributed by atoms with van der Waals surface area (Å²) in [7, 11) is 0. The number of ether oxygens (including phenoxy) is 1. The molecule has 3 nitrogen and oxygen atoms in total. The molecule has 1 rings (SSSR count). The lowest BCUT2D eigenvalue weighted by atomic mass is 9.92. The maximum atomic E-state index is 11.9. The zero-order valence-corrected chi connectivity index (χ0v) is 11.4. The van der Waals surface area contributed by atoms with Crippen LogP contribution in [0.5, 0.6) is 0 Å². The first-order valence-electron chi connectivity index (χ1n) is 6.01. The second-order valence-electron chi connectivity index (χ2n) is 4.72.